The lowest BCUT2D eigenvalue weighted by atomic mass is 9.41. The van der Waals surface area contributed by atoms with Gasteiger partial charge in [0.25, 0.3) is 0 Å². The van der Waals surface area contributed by atoms with E-state index in [4.69, 9.17) is 0 Å². The van der Waals surface area contributed by atoms with Gasteiger partial charge in [-0.25, -0.2) is 13.4 Å². The summed E-state index contributed by atoms with van der Waals surface area (Å²) in [4.78, 5) is 8.67. The number of alkyl halides is 6. The number of benzene rings is 1. The molecule has 0 radical (unpaired) electrons. The third-order valence-corrected chi connectivity index (χ3v) is 9.28. The molecule has 1 atom stereocenters. The zero-order valence-electron chi connectivity index (χ0n) is 19.2. The quantitative estimate of drug-likeness (QED) is 0.529. The van der Waals surface area contributed by atoms with Gasteiger partial charge in [-0.3, -0.25) is 0 Å². The van der Waals surface area contributed by atoms with Gasteiger partial charge in [0.2, 0.25) is 0 Å². The Morgan fingerprint density at radius 2 is 1.86 bits per heavy atom. The van der Waals surface area contributed by atoms with Crippen LogP contribution in [0.3, 0.4) is 0 Å². The molecule has 3 fully saturated rings. The van der Waals surface area contributed by atoms with Gasteiger partial charge in [-0.05, 0) is 60.8 Å². The van der Waals surface area contributed by atoms with E-state index in [2.05, 4.69) is 16.5 Å². The van der Waals surface area contributed by atoms with Gasteiger partial charge in [-0.15, -0.1) is 0 Å². The molecule has 13 heteroatoms. The lowest BCUT2D eigenvalue weighted by Crippen LogP contribution is -2.66. The molecule has 6 nitrogen and oxygen atoms in total. The first-order valence-electron chi connectivity index (χ1n) is 11.3. The second-order valence-electron chi connectivity index (χ2n) is 10.1. The number of hydrogen-bond donors (Lipinski definition) is 1. The fourth-order valence-corrected chi connectivity index (χ4v) is 6.98. The van der Waals surface area contributed by atoms with E-state index in [1.165, 1.54) is 25.5 Å². The van der Waals surface area contributed by atoms with Crippen LogP contribution in [-0.4, -0.2) is 40.8 Å². The molecule has 2 heterocycles. The van der Waals surface area contributed by atoms with Gasteiger partial charge in [-0.2, -0.15) is 30.6 Å². The molecule has 3 saturated carbocycles. The number of nitrogens with one attached hydrogen (secondary N) is 1. The molecule has 1 N–H and O–H groups in total. The number of halogens is 6. The van der Waals surface area contributed by atoms with Crippen LogP contribution in [-0.2, 0) is 29.3 Å². The number of hydrogen-bond acceptors (Lipinski definition) is 4. The zero-order chi connectivity index (χ0) is 26.3. The van der Waals surface area contributed by atoms with Crippen molar-refractivity contribution in [3.8, 4) is 0 Å². The van der Waals surface area contributed by atoms with E-state index in [-0.39, 0.29) is 28.9 Å². The highest BCUT2D eigenvalue weighted by molar-refractivity contribution is 7.89. The highest BCUT2D eigenvalue weighted by Crippen LogP contribution is 2.68. The van der Waals surface area contributed by atoms with Crippen LogP contribution in [0.5, 0.6) is 0 Å². The Bertz CT molecular complexity index is 1290. The van der Waals surface area contributed by atoms with Crippen molar-refractivity contribution < 1.29 is 34.8 Å². The molecular weight excluding hydrogens is 510 g/mol. The van der Waals surface area contributed by atoms with Crippen molar-refractivity contribution in [3.05, 3.63) is 53.6 Å². The van der Waals surface area contributed by atoms with Crippen molar-refractivity contribution in [2.75, 3.05) is 11.4 Å². The maximum absolute atomic E-state index is 14.0. The molecule has 1 aromatic heterocycles. The Morgan fingerprint density at radius 3 is 2.33 bits per heavy atom. The highest BCUT2D eigenvalue weighted by atomic mass is 32.2. The summed E-state index contributed by atoms with van der Waals surface area (Å²) in [5, 5.41) is 0. The number of anilines is 1. The van der Waals surface area contributed by atoms with Crippen LogP contribution in [0.2, 0.25) is 0 Å². The molecule has 6 rings (SSSR count). The van der Waals surface area contributed by atoms with E-state index in [0.717, 1.165) is 25.3 Å². The molecular formula is C23H24F6N4O2S. The van der Waals surface area contributed by atoms with Gasteiger partial charge in [0.05, 0.1) is 24.1 Å². The normalized spacial score (nSPS) is 26.6. The average molecular weight is 535 g/mol. The molecule has 2 bridgehead atoms. The molecule has 0 amide bonds. The molecule has 1 unspecified atom stereocenters. The van der Waals surface area contributed by atoms with Crippen molar-refractivity contribution >= 4 is 21.3 Å². The number of aromatic amines is 1. The molecule has 1 aromatic carbocycles. The van der Waals surface area contributed by atoms with E-state index in [9.17, 15) is 34.8 Å². The van der Waals surface area contributed by atoms with Gasteiger partial charge in [0, 0.05) is 31.0 Å². The summed E-state index contributed by atoms with van der Waals surface area (Å²) in [5.74, 6) is 0.438. The summed E-state index contributed by atoms with van der Waals surface area (Å²) in [7, 11) is -5.83. The van der Waals surface area contributed by atoms with Crippen LogP contribution < -0.4 is 4.90 Å². The summed E-state index contributed by atoms with van der Waals surface area (Å²) >= 11 is 0. The van der Waals surface area contributed by atoms with Crippen LogP contribution in [0.4, 0.5) is 32.0 Å². The number of fused-ring (bicyclic) bond motifs is 1. The van der Waals surface area contributed by atoms with Crippen molar-refractivity contribution in [3.63, 3.8) is 0 Å². The fraction of sp³-hybridized carbons (Fsp3) is 0.522. The van der Waals surface area contributed by atoms with E-state index >= 15 is 0 Å². The predicted molar refractivity (Wildman–Crippen MR) is 120 cm³/mol. The number of H-pyrrole nitrogens is 1. The topological polar surface area (TPSA) is 69.3 Å². The fourth-order valence-electron chi connectivity index (χ4n) is 6.05. The maximum atomic E-state index is 14.0. The number of imidazole rings is 1. The van der Waals surface area contributed by atoms with Crippen molar-refractivity contribution in [1.29, 1.82) is 0 Å². The van der Waals surface area contributed by atoms with Crippen LogP contribution in [0, 0.1) is 11.3 Å². The molecule has 0 saturated heterocycles. The predicted octanol–water partition coefficient (Wildman–Crippen LogP) is 5.30. The summed E-state index contributed by atoms with van der Waals surface area (Å²) < 4.78 is 109. The standard InChI is InChI=1S/C23H24F6N4O2S/c1-13(2)20-16-10-32(36(34,35)23(27,28)29)11-19(21-5-14(6-21)7-21)33(9-15-8-30-12-31-15)18(16)4-3-17(20)22(24,25)26/h3-4,8,12,14,19H,1,5-7,9-11H2,2H3,(H,30,31). The van der Waals surface area contributed by atoms with Crippen LogP contribution in [0.15, 0.2) is 31.2 Å². The Hall–Kier alpha value is -2.54. The van der Waals surface area contributed by atoms with E-state index in [0.29, 0.717) is 15.9 Å². The minimum Gasteiger partial charge on any atom is -0.360 e. The number of rotatable bonds is 5. The van der Waals surface area contributed by atoms with E-state index in [1.807, 2.05) is 0 Å². The Morgan fingerprint density at radius 1 is 1.19 bits per heavy atom. The zero-order valence-corrected chi connectivity index (χ0v) is 20.1. The average Bonchev–Trinajstić information content (AvgIpc) is 3.14. The first-order chi connectivity index (χ1) is 16.6. The minimum absolute atomic E-state index is 0.0195. The lowest BCUT2D eigenvalue weighted by Gasteiger charge is -2.67. The molecule has 1 aliphatic heterocycles. The van der Waals surface area contributed by atoms with Gasteiger partial charge in [0.15, 0.2) is 0 Å². The largest absolute Gasteiger partial charge is 0.511 e. The highest BCUT2D eigenvalue weighted by Gasteiger charge is 2.63. The van der Waals surface area contributed by atoms with Gasteiger partial charge in [0.1, 0.15) is 0 Å². The van der Waals surface area contributed by atoms with Crippen molar-refractivity contribution in [1.82, 2.24) is 14.3 Å². The number of allylic oxidation sites excluding steroid dienone is 1. The SMILES string of the molecule is C=C(C)c1c(C(F)(F)F)ccc2c1CN(S(=O)(=O)C(F)(F)F)CC(C13CC(C1)C3)N2Cc1cnc[nH]1. The number of aromatic nitrogens is 2. The Kier molecular flexibility index (Phi) is 5.57. The molecule has 3 aliphatic carbocycles. The Balaban J connectivity index is 1.75. The molecule has 2 aromatic rings. The second kappa shape index (κ2) is 7.98. The van der Waals surface area contributed by atoms with Crippen LogP contribution in [0.25, 0.3) is 5.57 Å². The molecule has 4 aliphatic rings. The summed E-state index contributed by atoms with van der Waals surface area (Å²) in [6.07, 6.45) is 0.347. The van der Waals surface area contributed by atoms with Crippen LogP contribution >= 0.6 is 0 Å². The number of nitrogens with zero attached hydrogens (tertiary/aromatic N) is 3. The third kappa shape index (κ3) is 3.82. The van der Waals surface area contributed by atoms with Crippen LogP contribution in [0.1, 0.15) is 48.6 Å². The smallest absolute Gasteiger partial charge is 0.360 e. The monoisotopic (exact) mass is 534 g/mol. The molecule has 0 spiro atoms. The first-order valence-corrected chi connectivity index (χ1v) is 12.8. The van der Waals surface area contributed by atoms with Gasteiger partial charge in [-0.1, -0.05) is 12.2 Å². The van der Waals surface area contributed by atoms with Gasteiger partial charge >= 0.3 is 21.7 Å². The Labute approximate surface area is 204 Å². The minimum atomic E-state index is -5.83. The number of sulfonamides is 1. The van der Waals surface area contributed by atoms with E-state index < -0.39 is 51.8 Å². The third-order valence-electron chi connectivity index (χ3n) is 7.74. The summed E-state index contributed by atoms with van der Waals surface area (Å²) in [6, 6.07) is 1.47. The summed E-state index contributed by atoms with van der Waals surface area (Å²) in [6.45, 7) is 3.76. The van der Waals surface area contributed by atoms with Gasteiger partial charge < -0.3 is 9.88 Å². The van der Waals surface area contributed by atoms with E-state index in [1.54, 1.807) is 4.90 Å². The van der Waals surface area contributed by atoms with Crippen molar-refractivity contribution in [2.24, 2.45) is 11.3 Å². The molecule has 196 valence electrons. The second-order valence-corrected chi connectivity index (χ2v) is 12.0. The summed E-state index contributed by atoms with van der Waals surface area (Å²) in [5.41, 5.74) is -6.74. The first kappa shape index (κ1) is 25.1. The lowest BCUT2D eigenvalue weighted by molar-refractivity contribution is -0.137. The maximum Gasteiger partial charge on any atom is 0.511 e. The van der Waals surface area contributed by atoms with Crippen molar-refractivity contribution in [2.45, 2.75) is 57.0 Å². The molecule has 36 heavy (non-hydrogen) atoms.